The molecule has 8 nitrogen and oxygen atoms in total. The standard InChI is InChI=1S/C23H24F3N5O3/c1-30-20(27-28-29-30)17-11-16(12-19(13-17)23(24,25)26)14-34-15-22(18-5-3-2-4-6-18)7-9-31(10-8-22)21(32)33/h2-6,11-13H,7-10,14-15H2,1H3,(H,32,33). The van der Waals surface area contributed by atoms with Gasteiger partial charge >= 0.3 is 12.3 Å². The number of carboxylic acid groups (broad SMARTS) is 1. The zero-order valence-corrected chi connectivity index (χ0v) is 18.5. The molecule has 1 fully saturated rings. The minimum Gasteiger partial charge on any atom is -0.465 e. The van der Waals surface area contributed by atoms with E-state index in [1.54, 1.807) is 13.1 Å². The number of carbonyl (C=O) groups is 1. The number of likely N-dealkylation sites (tertiary alicyclic amines) is 1. The number of nitrogens with zero attached hydrogens (tertiary/aromatic N) is 5. The molecule has 1 saturated heterocycles. The Bertz CT molecular complexity index is 1140. The molecule has 1 amide bonds. The van der Waals surface area contributed by atoms with Crippen molar-refractivity contribution in [2.75, 3.05) is 19.7 Å². The van der Waals surface area contributed by atoms with E-state index < -0.39 is 23.2 Å². The molecule has 0 radical (unpaired) electrons. The van der Waals surface area contributed by atoms with Gasteiger partial charge in [-0.2, -0.15) is 13.2 Å². The average Bonchev–Trinajstić information content (AvgIpc) is 3.25. The van der Waals surface area contributed by atoms with Gasteiger partial charge in [-0.3, -0.25) is 0 Å². The molecule has 11 heteroatoms. The molecule has 2 heterocycles. The van der Waals surface area contributed by atoms with Crippen molar-refractivity contribution in [3.63, 3.8) is 0 Å². The molecule has 0 saturated carbocycles. The van der Waals surface area contributed by atoms with E-state index in [1.165, 1.54) is 9.58 Å². The third kappa shape index (κ3) is 5.04. The summed E-state index contributed by atoms with van der Waals surface area (Å²) in [5.74, 6) is 0.217. The summed E-state index contributed by atoms with van der Waals surface area (Å²) in [5, 5.41) is 20.3. The monoisotopic (exact) mass is 475 g/mol. The Labute approximate surface area is 193 Å². The van der Waals surface area contributed by atoms with Crippen LogP contribution in [0.5, 0.6) is 0 Å². The fourth-order valence-electron chi connectivity index (χ4n) is 4.34. The van der Waals surface area contributed by atoms with Gasteiger partial charge in [-0.15, -0.1) is 5.10 Å². The number of aromatic nitrogens is 4. The zero-order valence-electron chi connectivity index (χ0n) is 18.5. The van der Waals surface area contributed by atoms with Gasteiger partial charge in [-0.05, 0) is 52.6 Å². The number of hydrogen-bond acceptors (Lipinski definition) is 5. The maximum absolute atomic E-state index is 13.5. The molecule has 0 atom stereocenters. The first kappa shape index (κ1) is 23.7. The van der Waals surface area contributed by atoms with Crippen molar-refractivity contribution < 1.29 is 27.8 Å². The first-order valence-electron chi connectivity index (χ1n) is 10.7. The first-order valence-corrected chi connectivity index (χ1v) is 10.7. The molecule has 34 heavy (non-hydrogen) atoms. The number of rotatable bonds is 6. The number of amides is 1. The van der Waals surface area contributed by atoms with Crippen LogP contribution in [0.1, 0.15) is 29.5 Å². The minimum atomic E-state index is -4.54. The van der Waals surface area contributed by atoms with Crippen molar-refractivity contribution in [3.05, 3.63) is 65.2 Å². The Balaban J connectivity index is 1.56. The Hall–Kier alpha value is -3.47. The molecule has 0 unspecified atom stereocenters. The van der Waals surface area contributed by atoms with Crippen molar-refractivity contribution in [2.45, 2.75) is 31.0 Å². The molecule has 4 rings (SSSR count). The van der Waals surface area contributed by atoms with E-state index in [1.807, 2.05) is 30.3 Å². The predicted molar refractivity (Wildman–Crippen MR) is 116 cm³/mol. The second-order valence-corrected chi connectivity index (χ2v) is 8.45. The van der Waals surface area contributed by atoms with Gasteiger partial charge in [0.2, 0.25) is 0 Å². The molecule has 1 N–H and O–H groups in total. The van der Waals surface area contributed by atoms with Crippen LogP contribution in [0.3, 0.4) is 0 Å². The van der Waals surface area contributed by atoms with E-state index in [4.69, 9.17) is 4.74 Å². The number of halogens is 3. The number of aryl methyl sites for hydroxylation is 1. The molecule has 1 aromatic heterocycles. The van der Waals surface area contributed by atoms with Crippen LogP contribution in [0, 0.1) is 0 Å². The van der Waals surface area contributed by atoms with Crippen molar-refractivity contribution in [1.29, 1.82) is 0 Å². The van der Waals surface area contributed by atoms with Crippen LogP contribution >= 0.6 is 0 Å². The smallest absolute Gasteiger partial charge is 0.416 e. The minimum absolute atomic E-state index is 0.0422. The highest BCUT2D eigenvalue weighted by atomic mass is 19.4. The third-order valence-electron chi connectivity index (χ3n) is 6.22. The highest BCUT2D eigenvalue weighted by Crippen LogP contribution is 2.37. The topological polar surface area (TPSA) is 93.4 Å². The van der Waals surface area contributed by atoms with Crippen LogP contribution in [0.15, 0.2) is 48.5 Å². The predicted octanol–water partition coefficient (Wildman–Crippen LogP) is 4.12. The molecule has 0 aliphatic carbocycles. The molecule has 0 bridgehead atoms. The summed E-state index contributed by atoms with van der Waals surface area (Å²) in [6, 6.07) is 13.3. The van der Waals surface area contributed by atoms with Crippen LogP contribution in [0.25, 0.3) is 11.4 Å². The van der Waals surface area contributed by atoms with Crippen molar-refractivity contribution in [2.24, 2.45) is 7.05 Å². The van der Waals surface area contributed by atoms with Crippen LogP contribution < -0.4 is 0 Å². The molecule has 1 aliphatic heterocycles. The molecule has 180 valence electrons. The van der Waals surface area contributed by atoms with Gasteiger partial charge in [-0.25, -0.2) is 9.48 Å². The maximum Gasteiger partial charge on any atom is 0.416 e. The fourth-order valence-corrected chi connectivity index (χ4v) is 4.34. The summed E-state index contributed by atoms with van der Waals surface area (Å²) in [6.07, 6.45) is -4.38. The normalized spacial score (nSPS) is 15.9. The number of benzene rings is 2. The Morgan fingerprint density at radius 2 is 1.85 bits per heavy atom. The van der Waals surface area contributed by atoms with Crippen LogP contribution in [-0.2, 0) is 30.0 Å². The molecule has 1 aliphatic rings. The van der Waals surface area contributed by atoms with E-state index >= 15 is 0 Å². The lowest BCUT2D eigenvalue weighted by molar-refractivity contribution is -0.137. The van der Waals surface area contributed by atoms with Crippen LogP contribution in [0.4, 0.5) is 18.0 Å². The molecule has 2 aromatic carbocycles. The SMILES string of the molecule is Cn1nnnc1-c1cc(COCC2(c3ccccc3)CCN(C(=O)O)CC2)cc(C(F)(F)F)c1. The summed E-state index contributed by atoms with van der Waals surface area (Å²) in [6.45, 7) is 0.932. The lowest BCUT2D eigenvalue weighted by atomic mass is 9.73. The molecule has 0 spiro atoms. The number of alkyl halides is 3. The van der Waals surface area contributed by atoms with Gasteiger partial charge in [0.05, 0.1) is 18.8 Å². The number of ether oxygens (including phenoxy) is 1. The van der Waals surface area contributed by atoms with E-state index in [-0.39, 0.29) is 24.6 Å². The van der Waals surface area contributed by atoms with E-state index in [0.29, 0.717) is 31.5 Å². The van der Waals surface area contributed by atoms with E-state index in [2.05, 4.69) is 15.5 Å². The zero-order chi connectivity index (χ0) is 24.3. The van der Waals surface area contributed by atoms with Crippen molar-refractivity contribution in [3.8, 4) is 11.4 Å². The Morgan fingerprint density at radius 1 is 1.15 bits per heavy atom. The van der Waals surface area contributed by atoms with Gasteiger partial charge in [-0.1, -0.05) is 30.3 Å². The van der Waals surface area contributed by atoms with E-state index in [9.17, 15) is 23.1 Å². The van der Waals surface area contributed by atoms with Crippen molar-refractivity contribution >= 4 is 6.09 Å². The quantitative estimate of drug-likeness (QED) is 0.577. The highest BCUT2D eigenvalue weighted by molar-refractivity contribution is 5.65. The Kier molecular flexibility index (Phi) is 6.56. The summed E-state index contributed by atoms with van der Waals surface area (Å²) >= 11 is 0. The average molecular weight is 475 g/mol. The summed E-state index contributed by atoms with van der Waals surface area (Å²) in [5.41, 5.74) is 0.382. The lowest BCUT2D eigenvalue weighted by Gasteiger charge is -2.41. The largest absolute Gasteiger partial charge is 0.465 e. The van der Waals surface area contributed by atoms with Crippen LogP contribution in [-0.4, -0.2) is 56.0 Å². The number of hydrogen-bond donors (Lipinski definition) is 1. The first-order chi connectivity index (χ1) is 16.2. The summed E-state index contributed by atoms with van der Waals surface area (Å²) in [4.78, 5) is 12.7. The second kappa shape index (κ2) is 9.41. The summed E-state index contributed by atoms with van der Waals surface area (Å²) < 4.78 is 47.9. The fraction of sp³-hybridized carbons (Fsp3) is 0.391. The third-order valence-corrected chi connectivity index (χ3v) is 6.22. The maximum atomic E-state index is 13.5. The van der Waals surface area contributed by atoms with Gasteiger partial charge < -0.3 is 14.7 Å². The lowest BCUT2D eigenvalue weighted by Crippen LogP contribution is -2.46. The second-order valence-electron chi connectivity index (χ2n) is 8.45. The molecular weight excluding hydrogens is 451 g/mol. The van der Waals surface area contributed by atoms with Crippen LogP contribution in [0.2, 0.25) is 0 Å². The molecular formula is C23H24F3N5O3. The van der Waals surface area contributed by atoms with Gasteiger partial charge in [0.15, 0.2) is 5.82 Å². The van der Waals surface area contributed by atoms with Crippen molar-refractivity contribution in [1.82, 2.24) is 25.1 Å². The highest BCUT2D eigenvalue weighted by Gasteiger charge is 2.38. The van der Waals surface area contributed by atoms with Gasteiger partial charge in [0.1, 0.15) is 0 Å². The number of tetrazole rings is 1. The Morgan fingerprint density at radius 3 is 2.44 bits per heavy atom. The van der Waals surface area contributed by atoms with Gasteiger partial charge in [0.25, 0.3) is 0 Å². The molecule has 3 aromatic rings. The summed E-state index contributed by atoms with van der Waals surface area (Å²) in [7, 11) is 1.55. The van der Waals surface area contributed by atoms with E-state index in [0.717, 1.165) is 17.7 Å². The van der Waals surface area contributed by atoms with Gasteiger partial charge in [0, 0.05) is 31.1 Å². The number of piperidine rings is 1.